The van der Waals surface area contributed by atoms with E-state index in [2.05, 4.69) is 15.0 Å². The zero-order valence-corrected chi connectivity index (χ0v) is 16.1. The summed E-state index contributed by atoms with van der Waals surface area (Å²) in [7, 11) is 1.81. The third kappa shape index (κ3) is 4.15. The van der Waals surface area contributed by atoms with Crippen molar-refractivity contribution in [1.29, 1.82) is 0 Å². The Morgan fingerprint density at radius 2 is 2.14 bits per heavy atom. The number of halogens is 1. The van der Waals surface area contributed by atoms with Gasteiger partial charge < -0.3 is 14.6 Å². The number of aromatic nitrogens is 3. The van der Waals surface area contributed by atoms with Gasteiger partial charge in [0.05, 0.1) is 18.0 Å². The van der Waals surface area contributed by atoms with Crippen molar-refractivity contribution in [1.82, 2.24) is 19.7 Å². The van der Waals surface area contributed by atoms with Gasteiger partial charge in [-0.1, -0.05) is 0 Å². The van der Waals surface area contributed by atoms with Crippen molar-refractivity contribution in [2.24, 2.45) is 7.05 Å². The lowest BCUT2D eigenvalue weighted by atomic mass is 10.1. The molecule has 3 heterocycles. The van der Waals surface area contributed by atoms with Crippen LogP contribution in [0.1, 0.15) is 29.8 Å². The second-order valence-corrected chi connectivity index (χ2v) is 7.29. The molecular formula is C21H25FN4O2. The van der Waals surface area contributed by atoms with Gasteiger partial charge >= 0.3 is 0 Å². The second-order valence-electron chi connectivity index (χ2n) is 7.29. The minimum Gasteiger partial charge on any atom is -0.380 e. The van der Waals surface area contributed by atoms with Crippen LogP contribution in [-0.2, 0) is 11.8 Å². The van der Waals surface area contributed by atoms with Gasteiger partial charge in [0.1, 0.15) is 11.5 Å². The molecular weight excluding hydrogens is 359 g/mol. The summed E-state index contributed by atoms with van der Waals surface area (Å²) >= 11 is 0. The third-order valence-electron chi connectivity index (χ3n) is 5.22. The number of ketones is 1. The van der Waals surface area contributed by atoms with Gasteiger partial charge in [0.25, 0.3) is 0 Å². The smallest absolute Gasteiger partial charge is 0.183 e. The molecule has 7 heteroatoms. The number of hydrogen-bond acceptors (Lipinski definition) is 4. The van der Waals surface area contributed by atoms with Crippen LogP contribution in [0.4, 0.5) is 4.39 Å². The van der Waals surface area contributed by atoms with Gasteiger partial charge in [-0.05, 0) is 49.7 Å². The van der Waals surface area contributed by atoms with Crippen LogP contribution in [0.3, 0.4) is 0 Å². The molecule has 1 aliphatic rings. The molecule has 0 unspecified atom stereocenters. The number of aromatic amines is 1. The van der Waals surface area contributed by atoms with E-state index in [9.17, 15) is 9.18 Å². The van der Waals surface area contributed by atoms with Crippen molar-refractivity contribution in [3.05, 3.63) is 41.8 Å². The fourth-order valence-corrected chi connectivity index (χ4v) is 3.71. The lowest BCUT2D eigenvalue weighted by Gasteiger charge is -2.18. The largest absolute Gasteiger partial charge is 0.380 e. The summed E-state index contributed by atoms with van der Waals surface area (Å²) in [6, 6.07) is 8.32. The Morgan fingerprint density at radius 3 is 3.04 bits per heavy atom. The van der Waals surface area contributed by atoms with Crippen molar-refractivity contribution in [2.45, 2.75) is 19.3 Å². The molecule has 0 aliphatic carbocycles. The highest BCUT2D eigenvalue weighted by atomic mass is 19.1. The molecule has 0 spiro atoms. The normalized spacial score (nSPS) is 15.8. The van der Waals surface area contributed by atoms with Crippen molar-refractivity contribution in [3.8, 4) is 11.4 Å². The molecule has 3 aromatic rings. The first-order valence-corrected chi connectivity index (χ1v) is 9.76. The molecule has 1 saturated heterocycles. The van der Waals surface area contributed by atoms with Crippen molar-refractivity contribution in [3.63, 3.8) is 0 Å². The average molecular weight is 384 g/mol. The van der Waals surface area contributed by atoms with E-state index in [4.69, 9.17) is 4.74 Å². The highest BCUT2D eigenvalue weighted by Gasteiger charge is 2.16. The number of Topliss-reactive ketones (excluding diaryl/α,β-unsaturated/α-hetero) is 1. The molecule has 1 aliphatic heterocycles. The average Bonchev–Trinajstić information content (AvgIpc) is 3.16. The fraction of sp³-hybridized carbons (Fsp3) is 0.429. The summed E-state index contributed by atoms with van der Waals surface area (Å²) in [4.78, 5) is 18.2. The minimum atomic E-state index is -0.269. The van der Waals surface area contributed by atoms with E-state index in [0.717, 1.165) is 68.0 Å². The zero-order valence-electron chi connectivity index (χ0n) is 16.1. The number of ether oxygens (including phenoxy) is 1. The predicted molar refractivity (Wildman–Crippen MR) is 106 cm³/mol. The Labute approximate surface area is 163 Å². The standard InChI is InChI=1S/C21H25FN4O2/c1-25-20(18-13-15-12-16(22)5-6-17(15)23-18)14-19(24-25)21(27)4-2-7-26-8-3-10-28-11-9-26/h5-6,12-14,23H,2-4,7-11H2,1H3. The number of nitrogens with zero attached hydrogens (tertiary/aromatic N) is 3. The summed E-state index contributed by atoms with van der Waals surface area (Å²) in [6.45, 7) is 4.46. The minimum absolute atomic E-state index is 0.0510. The van der Waals surface area contributed by atoms with Crippen LogP contribution < -0.4 is 0 Å². The summed E-state index contributed by atoms with van der Waals surface area (Å²) in [5.41, 5.74) is 2.96. The van der Waals surface area contributed by atoms with Crippen LogP contribution in [0.5, 0.6) is 0 Å². The van der Waals surface area contributed by atoms with Gasteiger partial charge in [-0.3, -0.25) is 9.48 Å². The molecule has 1 aromatic carbocycles. The van der Waals surface area contributed by atoms with Gasteiger partial charge in [-0.2, -0.15) is 5.10 Å². The van der Waals surface area contributed by atoms with Crippen molar-refractivity contribution < 1.29 is 13.9 Å². The molecule has 0 atom stereocenters. The van der Waals surface area contributed by atoms with E-state index in [1.54, 1.807) is 10.7 Å². The quantitative estimate of drug-likeness (QED) is 0.662. The monoisotopic (exact) mass is 384 g/mol. The fourth-order valence-electron chi connectivity index (χ4n) is 3.71. The second kappa shape index (κ2) is 8.24. The lowest BCUT2D eigenvalue weighted by Crippen LogP contribution is -2.27. The van der Waals surface area contributed by atoms with Crippen LogP contribution in [0, 0.1) is 5.82 Å². The molecule has 0 amide bonds. The van der Waals surface area contributed by atoms with Crippen LogP contribution in [-0.4, -0.2) is 58.3 Å². The summed E-state index contributed by atoms with van der Waals surface area (Å²) < 4.78 is 20.6. The number of rotatable bonds is 6. The number of aryl methyl sites for hydroxylation is 1. The molecule has 1 fully saturated rings. The predicted octanol–water partition coefficient (Wildman–Crippen LogP) is 3.39. The zero-order chi connectivity index (χ0) is 19.5. The maximum absolute atomic E-state index is 13.4. The number of carbonyl (C=O) groups excluding carboxylic acids is 1. The number of carbonyl (C=O) groups is 1. The molecule has 4 rings (SSSR count). The van der Waals surface area contributed by atoms with Gasteiger partial charge in [0.15, 0.2) is 5.78 Å². The number of H-pyrrole nitrogens is 1. The van der Waals surface area contributed by atoms with Crippen LogP contribution in [0.2, 0.25) is 0 Å². The summed E-state index contributed by atoms with van der Waals surface area (Å²) in [5.74, 6) is -0.218. The first kappa shape index (κ1) is 18.8. The van der Waals surface area contributed by atoms with E-state index in [1.165, 1.54) is 12.1 Å². The molecule has 0 bridgehead atoms. The molecule has 1 N–H and O–H groups in total. The molecule has 148 valence electrons. The number of fused-ring (bicyclic) bond motifs is 1. The number of benzene rings is 1. The maximum atomic E-state index is 13.4. The van der Waals surface area contributed by atoms with Gasteiger partial charge in [0.2, 0.25) is 0 Å². The summed E-state index contributed by atoms with van der Waals surface area (Å²) in [5, 5.41) is 5.19. The molecule has 0 radical (unpaired) electrons. The number of nitrogens with one attached hydrogen (secondary N) is 1. The van der Waals surface area contributed by atoms with E-state index in [-0.39, 0.29) is 11.6 Å². The Bertz CT molecular complexity index is 970. The maximum Gasteiger partial charge on any atom is 0.183 e. The Morgan fingerprint density at radius 1 is 1.25 bits per heavy atom. The van der Waals surface area contributed by atoms with E-state index < -0.39 is 0 Å². The first-order chi connectivity index (χ1) is 13.6. The highest BCUT2D eigenvalue weighted by Crippen LogP contribution is 2.25. The Hall–Kier alpha value is -2.51. The first-order valence-electron chi connectivity index (χ1n) is 9.76. The van der Waals surface area contributed by atoms with Crippen molar-refractivity contribution in [2.75, 3.05) is 32.8 Å². The molecule has 0 saturated carbocycles. The Kier molecular flexibility index (Phi) is 5.54. The van der Waals surface area contributed by atoms with Crippen molar-refractivity contribution >= 4 is 16.7 Å². The third-order valence-corrected chi connectivity index (χ3v) is 5.22. The topological polar surface area (TPSA) is 63.1 Å². The van der Waals surface area contributed by atoms with Crippen LogP contribution >= 0.6 is 0 Å². The molecule has 2 aromatic heterocycles. The van der Waals surface area contributed by atoms with E-state index in [1.807, 2.05) is 19.2 Å². The summed E-state index contributed by atoms with van der Waals surface area (Å²) in [6.07, 6.45) is 2.34. The molecule has 28 heavy (non-hydrogen) atoms. The van der Waals surface area contributed by atoms with Crippen LogP contribution in [0.25, 0.3) is 22.3 Å². The van der Waals surface area contributed by atoms with E-state index in [0.29, 0.717) is 12.1 Å². The number of hydrogen-bond donors (Lipinski definition) is 1. The van der Waals surface area contributed by atoms with Crippen LogP contribution in [0.15, 0.2) is 30.3 Å². The molecule has 6 nitrogen and oxygen atoms in total. The van der Waals surface area contributed by atoms with Gasteiger partial charge in [-0.15, -0.1) is 0 Å². The Balaban J connectivity index is 1.42. The SMILES string of the molecule is Cn1nc(C(=O)CCCN2CCCOCC2)cc1-c1cc2cc(F)ccc2[nH]1. The van der Waals surface area contributed by atoms with Gasteiger partial charge in [-0.25, -0.2) is 4.39 Å². The lowest BCUT2D eigenvalue weighted by molar-refractivity contribution is 0.0968. The highest BCUT2D eigenvalue weighted by molar-refractivity contribution is 5.95. The van der Waals surface area contributed by atoms with E-state index >= 15 is 0 Å². The van der Waals surface area contributed by atoms with Gasteiger partial charge in [0, 0.05) is 44.1 Å².